The van der Waals surface area contributed by atoms with Crippen molar-refractivity contribution < 1.29 is 9.59 Å². The zero-order valence-electron chi connectivity index (χ0n) is 18.9. The summed E-state index contributed by atoms with van der Waals surface area (Å²) >= 11 is 0. The summed E-state index contributed by atoms with van der Waals surface area (Å²) in [6, 6.07) is -0.0189. The monoisotopic (exact) mass is 404 g/mol. The maximum Gasteiger partial charge on any atom is 0.243 e. The van der Waals surface area contributed by atoms with Crippen molar-refractivity contribution in [1.82, 2.24) is 20.0 Å². The molecule has 1 spiro atoms. The minimum atomic E-state index is -0.318. The Labute approximate surface area is 176 Å². The Balaban J connectivity index is 1.37. The van der Waals surface area contributed by atoms with Gasteiger partial charge in [0, 0.05) is 38.8 Å². The van der Waals surface area contributed by atoms with Crippen LogP contribution in [0.5, 0.6) is 0 Å². The topological polar surface area (TPSA) is 55.9 Å². The second-order valence-electron chi connectivity index (χ2n) is 11.5. The van der Waals surface area contributed by atoms with Crippen molar-refractivity contribution in [2.75, 3.05) is 39.8 Å². The molecule has 0 bridgehead atoms. The van der Waals surface area contributed by atoms with Crippen molar-refractivity contribution >= 4 is 11.8 Å². The molecular weight excluding hydrogens is 364 g/mol. The molecule has 164 valence electrons. The van der Waals surface area contributed by atoms with Crippen LogP contribution < -0.4 is 5.32 Å². The number of carbonyl (C=O) groups is 2. The number of rotatable bonds is 4. The first-order chi connectivity index (χ1) is 13.6. The fourth-order valence-corrected chi connectivity index (χ4v) is 5.82. The summed E-state index contributed by atoms with van der Waals surface area (Å²) in [6.45, 7) is 11.6. The lowest BCUT2D eigenvalue weighted by atomic mass is 9.81. The summed E-state index contributed by atoms with van der Waals surface area (Å²) < 4.78 is 0. The average Bonchev–Trinajstić information content (AvgIpc) is 3.01. The smallest absolute Gasteiger partial charge is 0.243 e. The van der Waals surface area contributed by atoms with Gasteiger partial charge >= 0.3 is 0 Å². The highest BCUT2D eigenvalue weighted by molar-refractivity contribution is 5.92. The molecule has 1 N–H and O–H groups in total. The average molecular weight is 405 g/mol. The number of likely N-dealkylation sites (tertiary alicyclic amines) is 1. The van der Waals surface area contributed by atoms with E-state index in [1.165, 1.54) is 25.8 Å². The summed E-state index contributed by atoms with van der Waals surface area (Å²) in [4.78, 5) is 33.1. The van der Waals surface area contributed by atoms with E-state index in [1.54, 1.807) is 0 Å². The van der Waals surface area contributed by atoms with Gasteiger partial charge in [-0.05, 0) is 50.5 Å². The van der Waals surface area contributed by atoms with E-state index in [1.807, 2.05) is 4.90 Å². The van der Waals surface area contributed by atoms with E-state index < -0.39 is 0 Å². The number of carbonyl (C=O) groups excluding carboxylic acids is 2. The van der Waals surface area contributed by atoms with E-state index in [0.717, 1.165) is 44.8 Å². The van der Waals surface area contributed by atoms with Gasteiger partial charge in [0.15, 0.2) is 0 Å². The Bertz CT molecular complexity index is 603. The molecule has 0 aromatic carbocycles. The summed E-state index contributed by atoms with van der Waals surface area (Å²) in [5.74, 6) is 1.13. The highest BCUT2D eigenvalue weighted by Gasteiger charge is 2.49. The van der Waals surface area contributed by atoms with Crippen LogP contribution in [0, 0.1) is 11.3 Å². The minimum absolute atomic E-state index is 0.0787. The number of nitrogens with one attached hydrogen (secondary N) is 1. The van der Waals surface area contributed by atoms with E-state index in [-0.39, 0.29) is 34.9 Å². The molecule has 6 heteroatoms. The molecule has 0 aromatic rings. The number of piperidine rings is 1. The number of hydrogen-bond donors (Lipinski definition) is 1. The third kappa shape index (κ3) is 4.63. The van der Waals surface area contributed by atoms with Gasteiger partial charge in [-0.15, -0.1) is 0 Å². The molecule has 3 saturated heterocycles. The van der Waals surface area contributed by atoms with Crippen LogP contribution in [0.15, 0.2) is 0 Å². The number of likely N-dealkylation sites (N-methyl/N-ethyl adjacent to an activating group) is 1. The largest absolute Gasteiger partial charge is 0.348 e. The molecule has 6 nitrogen and oxygen atoms in total. The molecule has 1 saturated carbocycles. The van der Waals surface area contributed by atoms with Gasteiger partial charge in [0.1, 0.15) is 6.04 Å². The van der Waals surface area contributed by atoms with Crippen LogP contribution in [0.1, 0.15) is 65.7 Å². The van der Waals surface area contributed by atoms with Gasteiger partial charge in [0.2, 0.25) is 11.8 Å². The maximum atomic E-state index is 13.2. The van der Waals surface area contributed by atoms with Crippen molar-refractivity contribution in [2.45, 2.75) is 83.3 Å². The SMILES string of the molecule is CN(CC(C)(C)C)[C@H]1C[C@H]2C(=O)NC3(CCN(CC4CCC4)CC3)CC(=O)N2C1. The quantitative estimate of drug-likeness (QED) is 0.780. The standard InChI is InChI=1S/C23H40N4O2/c1-22(2,3)16-25(4)18-12-19-21(29)24-23(13-20(28)27(19)15-18)8-10-26(11-9-23)14-17-6-5-7-17/h17-19H,5-16H2,1-4H3,(H,24,29)/t18-,19-/m0/s1. The molecule has 0 radical (unpaired) electrons. The molecule has 3 heterocycles. The molecule has 4 rings (SSSR count). The Morgan fingerprint density at radius 1 is 1.17 bits per heavy atom. The van der Waals surface area contributed by atoms with Gasteiger partial charge in [-0.2, -0.15) is 0 Å². The molecule has 0 unspecified atom stereocenters. The number of nitrogens with zero attached hydrogens (tertiary/aromatic N) is 3. The number of hydrogen-bond acceptors (Lipinski definition) is 4. The van der Waals surface area contributed by atoms with E-state index in [0.29, 0.717) is 13.0 Å². The third-order valence-corrected chi connectivity index (χ3v) is 7.68. The van der Waals surface area contributed by atoms with Crippen LogP contribution in [-0.4, -0.2) is 83.9 Å². The second kappa shape index (κ2) is 7.84. The minimum Gasteiger partial charge on any atom is -0.348 e. The van der Waals surface area contributed by atoms with Crippen molar-refractivity contribution in [3.8, 4) is 0 Å². The Kier molecular flexibility index (Phi) is 5.71. The van der Waals surface area contributed by atoms with Gasteiger partial charge in [0.05, 0.1) is 12.0 Å². The molecule has 4 fully saturated rings. The fraction of sp³-hybridized carbons (Fsp3) is 0.913. The molecule has 3 aliphatic heterocycles. The van der Waals surface area contributed by atoms with E-state index >= 15 is 0 Å². The second-order valence-corrected chi connectivity index (χ2v) is 11.5. The predicted octanol–water partition coefficient (Wildman–Crippen LogP) is 2.09. The Hall–Kier alpha value is -1.14. The van der Waals surface area contributed by atoms with Gasteiger partial charge in [0.25, 0.3) is 0 Å². The van der Waals surface area contributed by atoms with Gasteiger partial charge < -0.3 is 20.0 Å². The summed E-state index contributed by atoms with van der Waals surface area (Å²) in [5.41, 5.74) is -0.111. The molecular formula is C23H40N4O2. The highest BCUT2D eigenvalue weighted by atomic mass is 16.2. The zero-order valence-corrected chi connectivity index (χ0v) is 18.9. The zero-order chi connectivity index (χ0) is 20.8. The lowest BCUT2D eigenvalue weighted by molar-refractivity contribution is -0.135. The highest BCUT2D eigenvalue weighted by Crippen LogP contribution is 2.35. The first-order valence-electron chi connectivity index (χ1n) is 11.7. The third-order valence-electron chi connectivity index (χ3n) is 7.68. The van der Waals surface area contributed by atoms with Gasteiger partial charge in [-0.25, -0.2) is 0 Å². The molecule has 1 aliphatic carbocycles. The predicted molar refractivity (Wildman–Crippen MR) is 114 cm³/mol. The summed E-state index contributed by atoms with van der Waals surface area (Å²) in [6.07, 6.45) is 7.18. The van der Waals surface area contributed by atoms with Crippen molar-refractivity contribution in [3.63, 3.8) is 0 Å². The number of amides is 2. The van der Waals surface area contributed by atoms with Crippen LogP contribution >= 0.6 is 0 Å². The summed E-state index contributed by atoms with van der Waals surface area (Å²) in [7, 11) is 2.13. The molecule has 29 heavy (non-hydrogen) atoms. The molecule has 2 atom stereocenters. The lowest BCUT2D eigenvalue weighted by Crippen LogP contribution is -2.57. The summed E-state index contributed by atoms with van der Waals surface area (Å²) in [5, 5.41) is 3.36. The van der Waals surface area contributed by atoms with Crippen LogP contribution in [0.3, 0.4) is 0 Å². The molecule has 4 aliphatic rings. The number of fused-ring (bicyclic) bond motifs is 1. The fourth-order valence-electron chi connectivity index (χ4n) is 5.82. The van der Waals surface area contributed by atoms with Crippen LogP contribution in [0.4, 0.5) is 0 Å². The van der Waals surface area contributed by atoms with Gasteiger partial charge in [-0.3, -0.25) is 9.59 Å². The van der Waals surface area contributed by atoms with Crippen LogP contribution in [0.25, 0.3) is 0 Å². The first kappa shape index (κ1) is 21.1. The van der Waals surface area contributed by atoms with Crippen LogP contribution in [-0.2, 0) is 9.59 Å². The Morgan fingerprint density at radius 3 is 2.45 bits per heavy atom. The normalized spacial score (nSPS) is 31.0. The van der Waals surface area contributed by atoms with Crippen molar-refractivity contribution in [3.05, 3.63) is 0 Å². The van der Waals surface area contributed by atoms with Crippen molar-refractivity contribution in [2.24, 2.45) is 11.3 Å². The first-order valence-corrected chi connectivity index (χ1v) is 11.7. The van der Waals surface area contributed by atoms with E-state index in [9.17, 15) is 9.59 Å². The van der Waals surface area contributed by atoms with Crippen molar-refractivity contribution in [1.29, 1.82) is 0 Å². The lowest BCUT2D eigenvalue weighted by Gasteiger charge is -2.43. The van der Waals surface area contributed by atoms with E-state index in [2.05, 4.69) is 42.9 Å². The Morgan fingerprint density at radius 2 is 1.86 bits per heavy atom. The van der Waals surface area contributed by atoms with E-state index in [4.69, 9.17) is 0 Å². The van der Waals surface area contributed by atoms with Gasteiger partial charge in [-0.1, -0.05) is 27.2 Å². The van der Waals surface area contributed by atoms with Crippen LogP contribution in [0.2, 0.25) is 0 Å². The molecule has 0 aromatic heterocycles. The maximum absolute atomic E-state index is 13.2. The molecule has 2 amide bonds.